The predicted octanol–water partition coefficient (Wildman–Crippen LogP) is 2.27. The van der Waals surface area contributed by atoms with Crippen molar-refractivity contribution in [2.45, 2.75) is 12.2 Å². The Balaban J connectivity index is 2.09. The second kappa shape index (κ2) is 2.44. The van der Waals surface area contributed by atoms with Gasteiger partial charge in [0.1, 0.15) is 12.2 Å². The van der Waals surface area contributed by atoms with Crippen LogP contribution in [0.15, 0.2) is 36.7 Å². The van der Waals surface area contributed by atoms with Crippen LogP contribution in [0.2, 0.25) is 0 Å². The fourth-order valence-electron chi connectivity index (χ4n) is 2.27. The van der Waals surface area contributed by atoms with Gasteiger partial charge >= 0.3 is 0 Å². The number of hydrogen-bond donors (Lipinski definition) is 0. The molecule has 2 aliphatic rings. The summed E-state index contributed by atoms with van der Waals surface area (Å²) in [5.74, 6) is 0. The van der Waals surface area contributed by atoms with Crippen molar-refractivity contribution in [1.29, 1.82) is 0 Å². The van der Waals surface area contributed by atoms with E-state index in [2.05, 4.69) is 22.1 Å². The van der Waals surface area contributed by atoms with Crippen LogP contribution in [0.25, 0.3) is 11.3 Å². The summed E-state index contributed by atoms with van der Waals surface area (Å²) in [5, 5.41) is 0. The maximum absolute atomic E-state index is 5.63. The van der Waals surface area contributed by atoms with Crippen molar-refractivity contribution >= 4 is 0 Å². The number of rotatable bonds is 0. The molecule has 2 aromatic rings. The van der Waals surface area contributed by atoms with Gasteiger partial charge in [0.15, 0.2) is 0 Å². The SMILES string of the molecule is c1cnc2c(c1)-c1ncccc1C1OC21. The number of hydrogen-bond acceptors (Lipinski definition) is 3. The lowest BCUT2D eigenvalue weighted by molar-refractivity contribution is 0.377. The summed E-state index contributed by atoms with van der Waals surface area (Å²) in [7, 11) is 0. The minimum atomic E-state index is 0.165. The van der Waals surface area contributed by atoms with Gasteiger partial charge < -0.3 is 4.74 Å². The summed E-state index contributed by atoms with van der Waals surface area (Å²) in [6.07, 6.45) is 3.98. The van der Waals surface area contributed by atoms with E-state index < -0.39 is 0 Å². The highest BCUT2D eigenvalue weighted by molar-refractivity contribution is 5.70. The van der Waals surface area contributed by atoms with E-state index in [4.69, 9.17) is 4.74 Å². The Bertz CT molecular complexity index is 503. The Morgan fingerprint density at radius 3 is 2.87 bits per heavy atom. The van der Waals surface area contributed by atoms with Crippen LogP contribution in [0.5, 0.6) is 0 Å². The number of pyridine rings is 2. The molecule has 0 saturated carbocycles. The zero-order valence-corrected chi connectivity index (χ0v) is 7.92. The fourth-order valence-corrected chi connectivity index (χ4v) is 2.27. The van der Waals surface area contributed by atoms with E-state index in [0.717, 1.165) is 17.0 Å². The molecule has 3 heterocycles. The zero-order valence-electron chi connectivity index (χ0n) is 7.92. The third-order valence-electron chi connectivity index (χ3n) is 3.00. The number of fused-ring (bicyclic) bond motifs is 6. The molecule has 3 heteroatoms. The van der Waals surface area contributed by atoms with Gasteiger partial charge in [-0.05, 0) is 18.2 Å². The van der Waals surface area contributed by atoms with Crippen LogP contribution in [-0.4, -0.2) is 9.97 Å². The Morgan fingerprint density at radius 1 is 1.00 bits per heavy atom. The van der Waals surface area contributed by atoms with Crippen LogP contribution in [0, 0.1) is 0 Å². The van der Waals surface area contributed by atoms with E-state index in [1.807, 2.05) is 24.5 Å². The van der Waals surface area contributed by atoms with Crippen molar-refractivity contribution in [2.75, 3.05) is 0 Å². The predicted molar refractivity (Wildman–Crippen MR) is 54.0 cm³/mol. The monoisotopic (exact) mass is 196 g/mol. The molecule has 72 valence electrons. The van der Waals surface area contributed by atoms with E-state index in [1.165, 1.54) is 5.56 Å². The molecule has 4 rings (SSSR count). The standard InChI is InChI=1S/C12H8N2O/c1-3-7-9-8(4-2-5-13-9)11-12(15-11)10(7)14-6-1/h1-6,11-12H. The van der Waals surface area contributed by atoms with E-state index in [0.29, 0.717) is 0 Å². The van der Waals surface area contributed by atoms with Crippen molar-refractivity contribution < 1.29 is 4.74 Å². The first-order chi connectivity index (χ1) is 7.45. The van der Waals surface area contributed by atoms with Gasteiger partial charge in [0.25, 0.3) is 0 Å². The Kier molecular flexibility index (Phi) is 1.22. The Morgan fingerprint density at radius 2 is 1.87 bits per heavy atom. The maximum Gasteiger partial charge on any atom is 0.131 e. The first kappa shape index (κ1) is 7.54. The van der Waals surface area contributed by atoms with Crippen LogP contribution in [0.4, 0.5) is 0 Å². The van der Waals surface area contributed by atoms with Gasteiger partial charge in [-0.2, -0.15) is 0 Å². The van der Waals surface area contributed by atoms with Crippen molar-refractivity contribution in [2.24, 2.45) is 0 Å². The average molecular weight is 196 g/mol. The summed E-state index contributed by atoms with van der Waals surface area (Å²) >= 11 is 0. The first-order valence-corrected chi connectivity index (χ1v) is 5.01. The number of aromatic nitrogens is 2. The molecule has 2 aromatic heterocycles. The minimum absolute atomic E-state index is 0.165. The molecule has 0 radical (unpaired) electrons. The van der Waals surface area contributed by atoms with E-state index >= 15 is 0 Å². The topological polar surface area (TPSA) is 38.3 Å². The second-order valence-electron chi connectivity index (χ2n) is 3.85. The normalized spacial score (nSPS) is 25.1. The summed E-state index contributed by atoms with van der Waals surface area (Å²) in [4.78, 5) is 8.79. The van der Waals surface area contributed by atoms with Gasteiger partial charge in [0.2, 0.25) is 0 Å². The third-order valence-corrected chi connectivity index (χ3v) is 3.00. The van der Waals surface area contributed by atoms with Gasteiger partial charge in [-0.25, -0.2) is 0 Å². The van der Waals surface area contributed by atoms with Crippen LogP contribution < -0.4 is 0 Å². The summed E-state index contributed by atoms with van der Waals surface area (Å²) < 4.78 is 5.63. The van der Waals surface area contributed by atoms with Gasteiger partial charge in [0.05, 0.1) is 11.4 Å². The molecule has 1 fully saturated rings. The molecule has 3 nitrogen and oxygen atoms in total. The smallest absolute Gasteiger partial charge is 0.131 e. The lowest BCUT2D eigenvalue weighted by Crippen LogP contribution is -2.02. The van der Waals surface area contributed by atoms with E-state index in [-0.39, 0.29) is 12.2 Å². The molecule has 0 aromatic carbocycles. The van der Waals surface area contributed by atoms with Crippen LogP contribution in [-0.2, 0) is 4.74 Å². The molecular formula is C12H8N2O. The number of nitrogens with zero attached hydrogens (tertiary/aromatic N) is 2. The highest BCUT2D eigenvalue weighted by Crippen LogP contribution is 2.57. The molecule has 0 spiro atoms. The molecule has 0 amide bonds. The Labute approximate surface area is 86.8 Å². The van der Waals surface area contributed by atoms with Crippen molar-refractivity contribution in [3.8, 4) is 11.3 Å². The van der Waals surface area contributed by atoms with Crippen molar-refractivity contribution in [3.05, 3.63) is 47.9 Å². The average Bonchev–Trinajstić information content (AvgIpc) is 3.10. The first-order valence-electron chi connectivity index (χ1n) is 5.01. The molecule has 2 unspecified atom stereocenters. The zero-order chi connectivity index (χ0) is 9.83. The van der Waals surface area contributed by atoms with Crippen LogP contribution in [0.3, 0.4) is 0 Å². The highest BCUT2D eigenvalue weighted by Gasteiger charge is 2.48. The van der Waals surface area contributed by atoms with Crippen molar-refractivity contribution in [3.63, 3.8) is 0 Å². The van der Waals surface area contributed by atoms with Gasteiger partial charge in [-0.3, -0.25) is 9.97 Å². The number of epoxide rings is 1. The molecule has 2 atom stereocenters. The molecule has 0 bridgehead atoms. The molecule has 15 heavy (non-hydrogen) atoms. The molecule has 1 aliphatic heterocycles. The van der Waals surface area contributed by atoms with E-state index in [1.54, 1.807) is 0 Å². The third kappa shape index (κ3) is 0.882. The lowest BCUT2D eigenvalue weighted by Gasteiger charge is -2.13. The largest absolute Gasteiger partial charge is 0.358 e. The highest BCUT2D eigenvalue weighted by atomic mass is 16.6. The Hall–Kier alpha value is -1.74. The lowest BCUT2D eigenvalue weighted by atomic mass is 9.93. The fraction of sp³-hybridized carbons (Fsp3) is 0.167. The van der Waals surface area contributed by atoms with Crippen molar-refractivity contribution in [1.82, 2.24) is 9.97 Å². The van der Waals surface area contributed by atoms with Gasteiger partial charge in [0, 0.05) is 23.5 Å². The summed E-state index contributed by atoms with van der Waals surface area (Å²) in [5.41, 5.74) is 4.38. The summed E-state index contributed by atoms with van der Waals surface area (Å²) in [6.45, 7) is 0. The van der Waals surface area contributed by atoms with E-state index in [9.17, 15) is 0 Å². The summed E-state index contributed by atoms with van der Waals surface area (Å²) in [6, 6.07) is 8.05. The molecule has 1 saturated heterocycles. The van der Waals surface area contributed by atoms with Crippen LogP contribution in [0.1, 0.15) is 23.5 Å². The van der Waals surface area contributed by atoms with Crippen LogP contribution >= 0.6 is 0 Å². The quantitative estimate of drug-likeness (QED) is 0.606. The molecule has 1 aliphatic carbocycles. The maximum atomic E-state index is 5.63. The second-order valence-corrected chi connectivity index (χ2v) is 3.85. The van der Waals surface area contributed by atoms with Gasteiger partial charge in [-0.15, -0.1) is 0 Å². The minimum Gasteiger partial charge on any atom is -0.358 e. The molecular weight excluding hydrogens is 188 g/mol. The number of ether oxygens (including phenoxy) is 1. The molecule has 0 N–H and O–H groups in total. The van der Waals surface area contributed by atoms with Gasteiger partial charge in [-0.1, -0.05) is 6.07 Å².